The van der Waals surface area contributed by atoms with E-state index in [1.807, 2.05) is 25.5 Å². The van der Waals surface area contributed by atoms with Crippen LogP contribution in [0.3, 0.4) is 0 Å². The molecule has 0 spiro atoms. The molecule has 2 N–H and O–H groups in total. The van der Waals surface area contributed by atoms with Crippen LogP contribution in [0.25, 0.3) is 11.0 Å². The lowest BCUT2D eigenvalue weighted by molar-refractivity contribution is 0.476. The van der Waals surface area contributed by atoms with Crippen LogP contribution in [0.5, 0.6) is 0 Å². The van der Waals surface area contributed by atoms with Crippen molar-refractivity contribution in [1.29, 1.82) is 0 Å². The van der Waals surface area contributed by atoms with Gasteiger partial charge in [-0.15, -0.1) is 0 Å². The quantitative estimate of drug-likeness (QED) is 0.841. The third kappa shape index (κ3) is 2.05. The topological polar surface area (TPSA) is 69.6 Å². The van der Waals surface area contributed by atoms with Gasteiger partial charge in [0.1, 0.15) is 12.1 Å². The van der Waals surface area contributed by atoms with E-state index < -0.39 is 0 Å². The molecule has 2 aromatic heterocycles. The van der Waals surface area contributed by atoms with E-state index in [0.29, 0.717) is 11.9 Å². The SMILES string of the molecule is CC.Cc1nn(C2CCCC2)c2ncnc(N)c12. The van der Waals surface area contributed by atoms with E-state index in [2.05, 4.69) is 15.1 Å². The zero-order valence-electron chi connectivity index (χ0n) is 11.3. The number of nitrogens with zero attached hydrogens (tertiary/aromatic N) is 4. The van der Waals surface area contributed by atoms with Gasteiger partial charge in [0.15, 0.2) is 5.65 Å². The number of hydrogen-bond acceptors (Lipinski definition) is 4. The molecule has 0 amide bonds. The molecule has 5 nitrogen and oxygen atoms in total. The Labute approximate surface area is 107 Å². The Bertz CT molecular complexity index is 525. The molecule has 0 aliphatic heterocycles. The molecule has 0 atom stereocenters. The average molecular weight is 247 g/mol. The molecular formula is C13H21N5. The molecule has 3 rings (SSSR count). The van der Waals surface area contributed by atoms with Crippen LogP contribution in [0.15, 0.2) is 6.33 Å². The molecule has 0 unspecified atom stereocenters. The Morgan fingerprint density at radius 3 is 2.56 bits per heavy atom. The zero-order valence-corrected chi connectivity index (χ0v) is 11.3. The Kier molecular flexibility index (Phi) is 3.79. The summed E-state index contributed by atoms with van der Waals surface area (Å²) in [5.41, 5.74) is 7.68. The van der Waals surface area contributed by atoms with Crippen molar-refractivity contribution in [3.63, 3.8) is 0 Å². The summed E-state index contributed by atoms with van der Waals surface area (Å²) in [5, 5.41) is 5.48. The maximum absolute atomic E-state index is 5.86. The van der Waals surface area contributed by atoms with Crippen LogP contribution >= 0.6 is 0 Å². The number of anilines is 1. The highest BCUT2D eigenvalue weighted by atomic mass is 15.3. The minimum absolute atomic E-state index is 0.491. The normalized spacial score (nSPS) is 15.7. The van der Waals surface area contributed by atoms with Gasteiger partial charge in [-0.3, -0.25) is 0 Å². The molecule has 2 aromatic rings. The number of hydrogen-bond donors (Lipinski definition) is 1. The first-order valence-electron chi connectivity index (χ1n) is 6.72. The molecule has 18 heavy (non-hydrogen) atoms. The van der Waals surface area contributed by atoms with Crippen molar-refractivity contribution in [1.82, 2.24) is 19.7 Å². The summed E-state index contributed by atoms with van der Waals surface area (Å²) in [7, 11) is 0. The van der Waals surface area contributed by atoms with Crippen molar-refractivity contribution in [2.75, 3.05) is 5.73 Å². The second-order valence-corrected chi connectivity index (χ2v) is 4.43. The summed E-state index contributed by atoms with van der Waals surface area (Å²) < 4.78 is 2.04. The maximum atomic E-state index is 5.86. The maximum Gasteiger partial charge on any atom is 0.163 e. The molecule has 1 fully saturated rings. The van der Waals surface area contributed by atoms with E-state index in [0.717, 1.165) is 16.7 Å². The fraction of sp³-hybridized carbons (Fsp3) is 0.615. The van der Waals surface area contributed by atoms with E-state index in [1.165, 1.54) is 32.0 Å². The summed E-state index contributed by atoms with van der Waals surface area (Å²) in [5.74, 6) is 0.534. The number of fused-ring (bicyclic) bond motifs is 1. The summed E-state index contributed by atoms with van der Waals surface area (Å²) in [6.45, 7) is 5.97. The summed E-state index contributed by atoms with van der Waals surface area (Å²) >= 11 is 0. The highest BCUT2D eigenvalue weighted by molar-refractivity contribution is 5.87. The van der Waals surface area contributed by atoms with Gasteiger partial charge in [0.25, 0.3) is 0 Å². The van der Waals surface area contributed by atoms with Gasteiger partial charge in [-0.2, -0.15) is 5.10 Å². The van der Waals surface area contributed by atoms with E-state index in [1.54, 1.807) is 0 Å². The van der Waals surface area contributed by atoms with Crippen molar-refractivity contribution in [2.24, 2.45) is 0 Å². The fourth-order valence-corrected chi connectivity index (χ4v) is 2.57. The minimum atomic E-state index is 0.491. The predicted octanol–water partition coefficient (Wildman–Crippen LogP) is 2.86. The van der Waals surface area contributed by atoms with Crippen LogP contribution in [-0.2, 0) is 0 Å². The number of aryl methyl sites for hydroxylation is 1. The van der Waals surface area contributed by atoms with Gasteiger partial charge in [0.05, 0.1) is 17.1 Å². The van der Waals surface area contributed by atoms with Gasteiger partial charge in [-0.1, -0.05) is 26.7 Å². The van der Waals surface area contributed by atoms with Crippen LogP contribution in [0.1, 0.15) is 51.3 Å². The summed E-state index contributed by atoms with van der Waals surface area (Å²) in [6, 6.07) is 0.491. The Balaban J connectivity index is 0.000000574. The first-order chi connectivity index (χ1) is 8.77. The summed E-state index contributed by atoms with van der Waals surface area (Å²) in [4.78, 5) is 8.34. The first-order valence-corrected chi connectivity index (χ1v) is 6.72. The summed E-state index contributed by atoms with van der Waals surface area (Å²) in [6.07, 6.45) is 6.47. The second-order valence-electron chi connectivity index (χ2n) is 4.43. The number of nitrogen functional groups attached to an aromatic ring is 1. The molecule has 0 aromatic carbocycles. The lowest BCUT2D eigenvalue weighted by atomic mass is 10.2. The van der Waals surface area contributed by atoms with Crippen molar-refractivity contribution in [2.45, 2.75) is 52.5 Å². The predicted molar refractivity (Wildman–Crippen MR) is 73.3 cm³/mol. The first kappa shape index (κ1) is 12.8. The van der Waals surface area contributed by atoms with Gasteiger partial charge in [0.2, 0.25) is 0 Å². The second kappa shape index (κ2) is 5.33. The lowest BCUT2D eigenvalue weighted by Gasteiger charge is -2.09. The van der Waals surface area contributed by atoms with Gasteiger partial charge in [0, 0.05) is 0 Å². The molecule has 0 radical (unpaired) electrons. The molecule has 1 aliphatic rings. The molecule has 98 valence electrons. The van der Waals surface area contributed by atoms with Crippen LogP contribution in [-0.4, -0.2) is 19.7 Å². The molecule has 1 aliphatic carbocycles. The van der Waals surface area contributed by atoms with Gasteiger partial charge < -0.3 is 5.73 Å². The highest BCUT2D eigenvalue weighted by Crippen LogP contribution is 2.32. The molecular weight excluding hydrogens is 226 g/mol. The van der Waals surface area contributed by atoms with E-state index >= 15 is 0 Å². The molecule has 2 heterocycles. The number of nitrogens with two attached hydrogens (primary N) is 1. The van der Waals surface area contributed by atoms with Crippen molar-refractivity contribution in [3.05, 3.63) is 12.0 Å². The van der Waals surface area contributed by atoms with Crippen molar-refractivity contribution < 1.29 is 0 Å². The largest absolute Gasteiger partial charge is 0.383 e. The standard InChI is InChI=1S/C11H15N5.C2H6/c1-7-9-10(12)13-6-14-11(9)16(15-7)8-4-2-3-5-8;1-2/h6,8H,2-5H2,1H3,(H2,12,13,14);1-2H3. The van der Waals surface area contributed by atoms with Crippen LogP contribution < -0.4 is 5.73 Å². The number of rotatable bonds is 1. The third-order valence-corrected chi connectivity index (χ3v) is 3.36. The van der Waals surface area contributed by atoms with E-state index in [-0.39, 0.29) is 0 Å². The molecule has 1 saturated carbocycles. The zero-order chi connectivity index (χ0) is 13.1. The van der Waals surface area contributed by atoms with Crippen molar-refractivity contribution >= 4 is 16.9 Å². The third-order valence-electron chi connectivity index (χ3n) is 3.36. The van der Waals surface area contributed by atoms with Crippen LogP contribution in [0.4, 0.5) is 5.82 Å². The number of aromatic nitrogens is 4. The highest BCUT2D eigenvalue weighted by Gasteiger charge is 2.22. The van der Waals surface area contributed by atoms with Crippen LogP contribution in [0, 0.1) is 6.92 Å². The Morgan fingerprint density at radius 1 is 1.22 bits per heavy atom. The van der Waals surface area contributed by atoms with Gasteiger partial charge in [-0.25, -0.2) is 14.6 Å². The molecule has 0 saturated heterocycles. The van der Waals surface area contributed by atoms with Gasteiger partial charge in [-0.05, 0) is 19.8 Å². The smallest absolute Gasteiger partial charge is 0.163 e. The lowest BCUT2D eigenvalue weighted by Crippen LogP contribution is -2.07. The average Bonchev–Trinajstić information content (AvgIpc) is 3.00. The Hall–Kier alpha value is -1.65. The minimum Gasteiger partial charge on any atom is -0.383 e. The van der Waals surface area contributed by atoms with E-state index in [9.17, 15) is 0 Å². The van der Waals surface area contributed by atoms with E-state index in [4.69, 9.17) is 5.73 Å². The fourth-order valence-electron chi connectivity index (χ4n) is 2.57. The molecule has 0 bridgehead atoms. The monoisotopic (exact) mass is 247 g/mol. The van der Waals surface area contributed by atoms with Crippen LogP contribution in [0.2, 0.25) is 0 Å². The van der Waals surface area contributed by atoms with Crippen molar-refractivity contribution in [3.8, 4) is 0 Å². The van der Waals surface area contributed by atoms with Gasteiger partial charge >= 0.3 is 0 Å². The Morgan fingerprint density at radius 2 is 1.89 bits per heavy atom. The molecule has 5 heteroatoms.